The number of aromatic nitrogens is 3. The van der Waals surface area contributed by atoms with E-state index in [2.05, 4.69) is 27.6 Å². The zero-order valence-corrected chi connectivity index (χ0v) is 11.7. The molecule has 5 heteroatoms. The number of hydrogen-bond acceptors (Lipinski definition) is 4. The van der Waals surface area contributed by atoms with Gasteiger partial charge in [0.15, 0.2) is 0 Å². The van der Waals surface area contributed by atoms with Crippen LogP contribution >= 0.6 is 0 Å². The van der Waals surface area contributed by atoms with E-state index in [1.807, 2.05) is 25.2 Å². The molecular weight excluding hydrogens is 252 g/mol. The minimum absolute atomic E-state index is 0.354. The van der Waals surface area contributed by atoms with Crippen molar-refractivity contribution in [3.05, 3.63) is 36.0 Å². The highest BCUT2D eigenvalue weighted by molar-refractivity contribution is 5.60. The van der Waals surface area contributed by atoms with E-state index in [4.69, 9.17) is 4.74 Å². The molecule has 1 fully saturated rings. The molecule has 2 aromatic rings. The average Bonchev–Trinajstić information content (AvgIpc) is 3.10. The van der Waals surface area contributed by atoms with Crippen molar-refractivity contribution in [3.8, 4) is 11.3 Å². The van der Waals surface area contributed by atoms with Crippen LogP contribution in [0.3, 0.4) is 0 Å². The van der Waals surface area contributed by atoms with Crippen LogP contribution in [0.4, 0.5) is 0 Å². The topological polar surface area (TPSA) is 52.0 Å². The SMILES string of the molecule is Cn1nc(CNC[C@@H]2CCCO2)c(-c2ccccc2)n1. The summed E-state index contributed by atoms with van der Waals surface area (Å²) in [6, 6.07) is 10.2. The molecule has 3 rings (SSSR count). The Balaban J connectivity index is 1.66. The van der Waals surface area contributed by atoms with E-state index >= 15 is 0 Å². The van der Waals surface area contributed by atoms with Gasteiger partial charge in [-0.05, 0) is 12.8 Å². The number of hydrogen-bond donors (Lipinski definition) is 1. The van der Waals surface area contributed by atoms with Crippen molar-refractivity contribution in [2.45, 2.75) is 25.5 Å². The normalized spacial score (nSPS) is 18.6. The predicted octanol–water partition coefficient (Wildman–Crippen LogP) is 1.75. The van der Waals surface area contributed by atoms with Crippen LogP contribution in [-0.2, 0) is 18.3 Å². The summed E-state index contributed by atoms with van der Waals surface area (Å²) in [4.78, 5) is 1.63. The standard InChI is InChI=1S/C15H20N4O/c1-19-17-14(11-16-10-13-8-5-9-20-13)15(18-19)12-6-3-2-4-7-12/h2-4,6-7,13,16H,5,8-11H2,1H3/t13-/m0/s1. The first-order valence-electron chi connectivity index (χ1n) is 7.11. The molecule has 0 spiro atoms. The molecule has 0 bridgehead atoms. The van der Waals surface area contributed by atoms with Gasteiger partial charge in [0.1, 0.15) is 11.4 Å². The van der Waals surface area contributed by atoms with Crippen LogP contribution in [-0.4, -0.2) is 34.2 Å². The summed E-state index contributed by atoms with van der Waals surface area (Å²) in [6.07, 6.45) is 2.68. The molecule has 1 aromatic heterocycles. The Morgan fingerprint density at radius 1 is 1.30 bits per heavy atom. The van der Waals surface area contributed by atoms with E-state index < -0.39 is 0 Å². The van der Waals surface area contributed by atoms with Gasteiger partial charge in [-0.1, -0.05) is 30.3 Å². The van der Waals surface area contributed by atoms with E-state index in [1.165, 1.54) is 6.42 Å². The lowest BCUT2D eigenvalue weighted by Gasteiger charge is -2.09. The third-order valence-electron chi connectivity index (χ3n) is 3.52. The summed E-state index contributed by atoms with van der Waals surface area (Å²) in [5.41, 5.74) is 3.04. The number of nitrogens with one attached hydrogen (secondary N) is 1. The first-order chi connectivity index (χ1) is 9.83. The summed E-state index contributed by atoms with van der Waals surface area (Å²) in [6.45, 7) is 2.50. The number of ether oxygens (including phenoxy) is 1. The highest BCUT2D eigenvalue weighted by Gasteiger charge is 2.16. The summed E-state index contributed by atoms with van der Waals surface area (Å²) in [5.74, 6) is 0. The second-order valence-corrected chi connectivity index (χ2v) is 5.12. The molecule has 0 amide bonds. The van der Waals surface area contributed by atoms with E-state index in [1.54, 1.807) is 4.80 Å². The van der Waals surface area contributed by atoms with Crippen LogP contribution in [0, 0.1) is 0 Å². The minimum atomic E-state index is 0.354. The number of nitrogens with zero attached hydrogens (tertiary/aromatic N) is 3. The van der Waals surface area contributed by atoms with E-state index in [9.17, 15) is 0 Å². The van der Waals surface area contributed by atoms with Crippen LogP contribution < -0.4 is 5.32 Å². The molecule has 1 aliphatic rings. The maximum absolute atomic E-state index is 5.61. The summed E-state index contributed by atoms with van der Waals surface area (Å²) < 4.78 is 5.61. The van der Waals surface area contributed by atoms with E-state index in [0.717, 1.165) is 43.1 Å². The van der Waals surface area contributed by atoms with Gasteiger partial charge in [-0.25, -0.2) is 0 Å². The lowest BCUT2D eigenvalue weighted by molar-refractivity contribution is 0.110. The third-order valence-corrected chi connectivity index (χ3v) is 3.52. The van der Waals surface area contributed by atoms with Gasteiger partial charge in [0.05, 0.1) is 6.10 Å². The van der Waals surface area contributed by atoms with Gasteiger partial charge in [0.25, 0.3) is 0 Å². The smallest absolute Gasteiger partial charge is 0.117 e. The maximum atomic E-state index is 5.61. The van der Waals surface area contributed by atoms with E-state index in [0.29, 0.717) is 6.10 Å². The van der Waals surface area contributed by atoms with Crippen molar-refractivity contribution in [2.75, 3.05) is 13.2 Å². The van der Waals surface area contributed by atoms with Crippen molar-refractivity contribution in [1.29, 1.82) is 0 Å². The molecule has 1 saturated heterocycles. The van der Waals surface area contributed by atoms with Crippen LogP contribution in [0.15, 0.2) is 30.3 Å². The van der Waals surface area contributed by atoms with Crippen LogP contribution in [0.1, 0.15) is 18.5 Å². The number of aryl methyl sites for hydroxylation is 1. The van der Waals surface area contributed by atoms with Crippen molar-refractivity contribution in [1.82, 2.24) is 20.3 Å². The van der Waals surface area contributed by atoms with Crippen molar-refractivity contribution in [3.63, 3.8) is 0 Å². The molecule has 0 aliphatic carbocycles. The van der Waals surface area contributed by atoms with Crippen molar-refractivity contribution >= 4 is 0 Å². The molecule has 1 atom stereocenters. The Bertz CT molecular complexity index is 546. The Labute approximate surface area is 118 Å². The number of benzene rings is 1. The van der Waals surface area contributed by atoms with Crippen LogP contribution in [0.5, 0.6) is 0 Å². The summed E-state index contributed by atoms with van der Waals surface area (Å²) in [5, 5.41) is 12.3. The Hall–Kier alpha value is -1.72. The molecule has 5 nitrogen and oxygen atoms in total. The fourth-order valence-electron chi connectivity index (χ4n) is 2.54. The van der Waals surface area contributed by atoms with Gasteiger partial charge in [0, 0.05) is 32.3 Å². The molecule has 1 aliphatic heterocycles. The highest BCUT2D eigenvalue weighted by atomic mass is 16.5. The predicted molar refractivity (Wildman–Crippen MR) is 77.1 cm³/mol. The molecule has 2 heterocycles. The molecular formula is C15H20N4O. The lowest BCUT2D eigenvalue weighted by Crippen LogP contribution is -2.26. The zero-order chi connectivity index (χ0) is 13.8. The Morgan fingerprint density at radius 2 is 2.15 bits per heavy atom. The Kier molecular flexibility index (Phi) is 4.08. The molecule has 0 radical (unpaired) electrons. The zero-order valence-electron chi connectivity index (χ0n) is 11.7. The summed E-state index contributed by atoms with van der Waals surface area (Å²) >= 11 is 0. The molecule has 1 aromatic carbocycles. The number of rotatable bonds is 5. The fraction of sp³-hybridized carbons (Fsp3) is 0.467. The minimum Gasteiger partial charge on any atom is -0.377 e. The molecule has 0 unspecified atom stereocenters. The van der Waals surface area contributed by atoms with Gasteiger partial charge in [-0.2, -0.15) is 15.0 Å². The fourth-order valence-corrected chi connectivity index (χ4v) is 2.54. The monoisotopic (exact) mass is 272 g/mol. The van der Waals surface area contributed by atoms with E-state index in [-0.39, 0.29) is 0 Å². The largest absolute Gasteiger partial charge is 0.377 e. The molecule has 1 N–H and O–H groups in total. The van der Waals surface area contributed by atoms with Crippen molar-refractivity contribution < 1.29 is 4.74 Å². The van der Waals surface area contributed by atoms with Crippen molar-refractivity contribution in [2.24, 2.45) is 7.05 Å². The molecule has 20 heavy (non-hydrogen) atoms. The second-order valence-electron chi connectivity index (χ2n) is 5.12. The first-order valence-corrected chi connectivity index (χ1v) is 7.11. The van der Waals surface area contributed by atoms with Gasteiger partial charge < -0.3 is 10.1 Å². The van der Waals surface area contributed by atoms with Gasteiger partial charge >= 0.3 is 0 Å². The van der Waals surface area contributed by atoms with Crippen LogP contribution in [0.25, 0.3) is 11.3 Å². The summed E-state index contributed by atoms with van der Waals surface area (Å²) in [7, 11) is 1.86. The average molecular weight is 272 g/mol. The molecule has 106 valence electrons. The maximum Gasteiger partial charge on any atom is 0.117 e. The third kappa shape index (κ3) is 3.05. The quantitative estimate of drug-likeness (QED) is 0.901. The first kappa shape index (κ1) is 13.3. The highest BCUT2D eigenvalue weighted by Crippen LogP contribution is 2.19. The Morgan fingerprint density at radius 3 is 2.90 bits per heavy atom. The molecule has 0 saturated carbocycles. The van der Waals surface area contributed by atoms with Gasteiger partial charge in [-0.15, -0.1) is 0 Å². The second kappa shape index (κ2) is 6.15. The van der Waals surface area contributed by atoms with Gasteiger partial charge in [0.2, 0.25) is 0 Å². The van der Waals surface area contributed by atoms with Gasteiger partial charge in [-0.3, -0.25) is 0 Å². The van der Waals surface area contributed by atoms with Crippen LogP contribution in [0.2, 0.25) is 0 Å². The lowest BCUT2D eigenvalue weighted by atomic mass is 10.1.